The minimum absolute atomic E-state index is 0.563. The van der Waals surface area contributed by atoms with Crippen LogP contribution in [-0.4, -0.2) is 13.7 Å². The molecule has 0 bridgehead atoms. The average molecular weight is 255 g/mol. The molecule has 3 heteroatoms. The van der Waals surface area contributed by atoms with E-state index in [9.17, 15) is 0 Å². The molecule has 2 aromatic rings. The molecule has 0 amide bonds. The summed E-state index contributed by atoms with van der Waals surface area (Å²) in [5.74, 6) is 1.55. The van der Waals surface area contributed by atoms with Crippen LogP contribution in [0.3, 0.4) is 0 Å². The zero-order valence-electron chi connectivity index (χ0n) is 11.0. The van der Waals surface area contributed by atoms with E-state index in [1.165, 1.54) is 16.8 Å². The van der Waals surface area contributed by atoms with E-state index in [0.29, 0.717) is 6.61 Å². The van der Waals surface area contributed by atoms with Crippen LogP contribution in [-0.2, 0) is 13.0 Å². The van der Waals surface area contributed by atoms with Gasteiger partial charge in [0.1, 0.15) is 6.61 Å². The Hall–Kier alpha value is -2.16. The molecular formula is C16H17NO2. The summed E-state index contributed by atoms with van der Waals surface area (Å²) in [6, 6.07) is 14.2. The average Bonchev–Trinajstić information content (AvgIpc) is 2.93. The summed E-state index contributed by atoms with van der Waals surface area (Å²) in [5.41, 5.74) is 3.82. The van der Waals surface area contributed by atoms with Crippen molar-refractivity contribution in [3.05, 3.63) is 53.6 Å². The molecule has 1 heterocycles. The SMILES string of the molecule is COc1ccccc1OCc1ccc2c(c1)CCN2. The molecule has 0 radical (unpaired) electrons. The normalized spacial score (nSPS) is 12.7. The van der Waals surface area contributed by atoms with Gasteiger partial charge in [-0.1, -0.05) is 24.3 Å². The molecule has 1 aliphatic rings. The summed E-state index contributed by atoms with van der Waals surface area (Å²) < 4.78 is 11.1. The second-order valence-electron chi connectivity index (χ2n) is 4.61. The Labute approximate surface area is 113 Å². The highest BCUT2D eigenvalue weighted by Crippen LogP contribution is 2.28. The van der Waals surface area contributed by atoms with Crippen molar-refractivity contribution in [3.8, 4) is 11.5 Å². The first kappa shape index (κ1) is 11.9. The minimum atomic E-state index is 0.563. The highest BCUT2D eigenvalue weighted by Gasteiger charge is 2.10. The third-order valence-corrected chi connectivity index (χ3v) is 3.34. The first-order valence-corrected chi connectivity index (χ1v) is 6.48. The van der Waals surface area contributed by atoms with Gasteiger partial charge in [0.2, 0.25) is 0 Å². The number of para-hydroxylation sites is 2. The zero-order valence-corrected chi connectivity index (χ0v) is 11.0. The largest absolute Gasteiger partial charge is 0.493 e. The maximum Gasteiger partial charge on any atom is 0.161 e. The standard InChI is InChI=1S/C16H17NO2/c1-18-15-4-2-3-5-16(15)19-11-12-6-7-14-13(10-12)8-9-17-14/h2-7,10,17H,8-9,11H2,1H3. The van der Waals surface area contributed by atoms with Crippen molar-refractivity contribution in [2.45, 2.75) is 13.0 Å². The summed E-state index contributed by atoms with van der Waals surface area (Å²) >= 11 is 0. The van der Waals surface area contributed by atoms with Gasteiger partial charge in [-0.15, -0.1) is 0 Å². The lowest BCUT2D eigenvalue weighted by atomic mass is 10.1. The number of nitrogens with one attached hydrogen (secondary N) is 1. The summed E-state index contributed by atoms with van der Waals surface area (Å²) in [4.78, 5) is 0. The van der Waals surface area contributed by atoms with Crippen LogP contribution in [0.15, 0.2) is 42.5 Å². The van der Waals surface area contributed by atoms with Crippen LogP contribution < -0.4 is 14.8 Å². The Morgan fingerprint density at radius 2 is 1.95 bits per heavy atom. The topological polar surface area (TPSA) is 30.5 Å². The molecule has 0 atom stereocenters. The van der Waals surface area contributed by atoms with E-state index < -0.39 is 0 Å². The zero-order chi connectivity index (χ0) is 13.1. The first-order chi connectivity index (χ1) is 9.36. The van der Waals surface area contributed by atoms with E-state index in [0.717, 1.165) is 24.5 Å². The molecule has 0 aliphatic carbocycles. The number of hydrogen-bond acceptors (Lipinski definition) is 3. The van der Waals surface area contributed by atoms with Crippen LogP contribution in [0.25, 0.3) is 0 Å². The van der Waals surface area contributed by atoms with Crippen molar-refractivity contribution in [1.29, 1.82) is 0 Å². The molecule has 3 nitrogen and oxygen atoms in total. The number of methoxy groups -OCH3 is 1. The Balaban J connectivity index is 1.72. The number of fused-ring (bicyclic) bond motifs is 1. The number of benzene rings is 2. The van der Waals surface area contributed by atoms with E-state index in [2.05, 4.69) is 23.5 Å². The Morgan fingerprint density at radius 3 is 2.79 bits per heavy atom. The molecule has 98 valence electrons. The van der Waals surface area contributed by atoms with E-state index in [-0.39, 0.29) is 0 Å². The summed E-state index contributed by atoms with van der Waals surface area (Å²) in [5, 5.41) is 3.36. The highest BCUT2D eigenvalue weighted by molar-refractivity contribution is 5.56. The molecule has 0 saturated carbocycles. The molecule has 0 aromatic heterocycles. The molecule has 1 aliphatic heterocycles. The Bertz CT molecular complexity index is 581. The smallest absolute Gasteiger partial charge is 0.161 e. The molecular weight excluding hydrogens is 238 g/mol. The molecule has 2 aromatic carbocycles. The maximum absolute atomic E-state index is 5.83. The fourth-order valence-electron chi connectivity index (χ4n) is 2.35. The summed E-state index contributed by atoms with van der Waals surface area (Å²) in [6.45, 7) is 1.60. The lowest BCUT2D eigenvalue weighted by Gasteiger charge is -2.11. The van der Waals surface area contributed by atoms with Gasteiger partial charge in [0.05, 0.1) is 7.11 Å². The molecule has 19 heavy (non-hydrogen) atoms. The second kappa shape index (κ2) is 5.22. The van der Waals surface area contributed by atoms with Gasteiger partial charge in [0.15, 0.2) is 11.5 Å². The molecule has 0 fully saturated rings. The highest BCUT2D eigenvalue weighted by atomic mass is 16.5. The van der Waals surface area contributed by atoms with Gasteiger partial charge in [0.25, 0.3) is 0 Å². The van der Waals surface area contributed by atoms with Crippen LogP contribution >= 0.6 is 0 Å². The molecule has 0 saturated heterocycles. The quantitative estimate of drug-likeness (QED) is 0.909. The van der Waals surface area contributed by atoms with Gasteiger partial charge in [-0.25, -0.2) is 0 Å². The van der Waals surface area contributed by atoms with Gasteiger partial charge in [-0.2, -0.15) is 0 Å². The third kappa shape index (κ3) is 2.50. The lowest BCUT2D eigenvalue weighted by molar-refractivity contribution is 0.284. The van der Waals surface area contributed by atoms with Crippen LogP contribution in [0.4, 0.5) is 5.69 Å². The second-order valence-corrected chi connectivity index (χ2v) is 4.61. The van der Waals surface area contributed by atoms with Crippen molar-refractivity contribution in [2.75, 3.05) is 19.0 Å². The third-order valence-electron chi connectivity index (χ3n) is 3.34. The van der Waals surface area contributed by atoms with Crippen molar-refractivity contribution in [2.24, 2.45) is 0 Å². The maximum atomic E-state index is 5.83. The molecule has 0 spiro atoms. The van der Waals surface area contributed by atoms with Crippen molar-refractivity contribution in [1.82, 2.24) is 0 Å². The van der Waals surface area contributed by atoms with Crippen LogP contribution in [0.5, 0.6) is 11.5 Å². The minimum Gasteiger partial charge on any atom is -0.493 e. The number of hydrogen-bond donors (Lipinski definition) is 1. The van der Waals surface area contributed by atoms with Gasteiger partial charge < -0.3 is 14.8 Å². The molecule has 0 unspecified atom stereocenters. The monoisotopic (exact) mass is 255 g/mol. The molecule has 3 rings (SSSR count). The van der Waals surface area contributed by atoms with E-state index in [4.69, 9.17) is 9.47 Å². The Kier molecular flexibility index (Phi) is 3.27. The first-order valence-electron chi connectivity index (χ1n) is 6.48. The van der Waals surface area contributed by atoms with Crippen molar-refractivity contribution in [3.63, 3.8) is 0 Å². The number of anilines is 1. The Morgan fingerprint density at radius 1 is 1.11 bits per heavy atom. The van der Waals surface area contributed by atoms with Gasteiger partial charge in [-0.3, -0.25) is 0 Å². The van der Waals surface area contributed by atoms with Gasteiger partial charge >= 0.3 is 0 Å². The van der Waals surface area contributed by atoms with Gasteiger partial charge in [0, 0.05) is 12.2 Å². The van der Waals surface area contributed by atoms with Crippen molar-refractivity contribution >= 4 is 5.69 Å². The van der Waals surface area contributed by atoms with Crippen LogP contribution in [0, 0.1) is 0 Å². The predicted octanol–water partition coefficient (Wildman–Crippen LogP) is 3.24. The fraction of sp³-hybridized carbons (Fsp3) is 0.250. The summed E-state index contributed by atoms with van der Waals surface area (Å²) in [6.07, 6.45) is 1.10. The van der Waals surface area contributed by atoms with Gasteiger partial charge in [-0.05, 0) is 35.7 Å². The van der Waals surface area contributed by atoms with Crippen molar-refractivity contribution < 1.29 is 9.47 Å². The van der Waals surface area contributed by atoms with E-state index in [1.54, 1.807) is 7.11 Å². The van der Waals surface area contributed by atoms with Crippen LogP contribution in [0.2, 0.25) is 0 Å². The fourth-order valence-corrected chi connectivity index (χ4v) is 2.35. The molecule has 1 N–H and O–H groups in total. The summed E-state index contributed by atoms with van der Waals surface area (Å²) in [7, 11) is 1.66. The van der Waals surface area contributed by atoms with Crippen LogP contribution in [0.1, 0.15) is 11.1 Å². The number of rotatable bonds is 4. The van der Waals surface area contributed by atoms with E-state index >= 15 is 0 Å². The van der Waals surface area contributed by atoms with E-state index in [1.807, 2.05) is 24.3 Å². The predicted molar refractivity (Wildman–Crippen MR) is 76.0 cm³/mol. The lowest BCUT2D eigenvalue weighted by Crippen LogP contribution is -1.98. The number of ether oxygens (including phenoxy) is 2.